The van der Waals surface area contributed by atoms with Crippen molar-refractivity contribution in [3.05, 3.63) is 64.0 Å². The van der Waals surface area contributed by atoms with Gasteiger partial charge in [-0.05, 0) is 24.3 Å². The number of benzene rings is 1. The normalized spacial score (nSPS) is 11.3. The summed E-state index contributed by atoms with van der Waals surface area (Å²) in [6.07, 6.45) is 0. The molecule has 0 fully saturated rings. The molecule has 6 nitrogen and oxygen atoms in total. The zero-order chi connectivity index (χ0) is 21.0. The van der Waals surface area contributed by atoms with Crippen molar-refractivity contribution in [2.24, 2.45) is 5.41 Å². The predicted octanol–water partition coefficient (Wildman–Crippen LogP) is 4.00. The number of esters is 1. The highest BCUT2D eigenvalue weighted by Gasteiger charge is 2.21. The van der Waals surface area contributed by atoms with Crippen LogP contribution in [0.2, 0.25) is 0 Å². The molecule has 0 atom stereocenters. The van der Waals surface area contributed by atoms with Crippen molar-refractivity contribution in [2.45, 2.75) is 27.3 Å². The summed E-state index contributed by atoms with van der Waals surface area (Å²) in [6.45, 7) is 5.51. The van der Waals surface area contributed by atoms with Gasteiger partial charge in [0.15, 0.2) is 6.61 Å². The molecule has 3 rings (SSSR count). The Bertz CT molecular complexity index is 1070. The van der Waals surface area contributed by atoms with Gasteiger partial charge >= 0.3 is 5.97 Å². The van der Waals surface area contributed by atoms with E-state index in [1.807, 2.05) is 45.0 Å². The summed E-state index contributed by atoms with van der Waals surface area (Å²) >= 11 is 1.27. The van der Waals surface area contributed by atoms with Crippen molar-refractivity contribution in [1.29, 1.82) is 0 Å². The zero-order valence-electron chi connectivity index (χ0n) is 16.5. The molecule has 0 radical (unpaired) electrons. The lowest BCUT2D eigenvalue weighted by Crippen LogP contribution is -2.34. The van der Waals surface area contributed by atoms with Gasteiger partial charge in [0, 0.05) is 15.7 Å². The van der Waals surface area contributed by atoms with Crippen molar-refractivity contribution >= 4 is 39.9 Å². The van der Waals surface area contributed by atoms with Gasteiger partial charge in [-0.15, -0.1) is 11.3 Å². The molecule has 0 saturated carbocycles. The molecule has 0 spiro atoms. The first-order valence-electron chi connectivity index (χ1n) is 9.17. The largest absolute Gasteiger partial charge is 0.453 e. The maximum atomic E-state index is 12.3. The van der Waals surface area contributed by atoms with E-state index in [0.29, 0.717) is 16.9 Å². The van der Waals surface area contributed by atoms with Gasteiger partial charge < -0.3 is 10.1 Å². The van der Waals surface area contributed by atoms with Gasteiger partial charge in [-0.2, -0.15) is 0 Å². The van der Waals surface area contributed by atoms with E-state index >= 15 is 0 Å². The van der Waals surface area contributed by atoms with Crippen molar-refractivity contribution in [1.82, 2.24) is 10.3 Å². The molecule has 0 unspecified atom stereocenters. The molecule has 2 aromatic heterocycles. The third kappa shape index (κ3) is 5.26. The van der Waals surface area contributed by atoms with Gasteiger partial charge in [-0.25, -0.2) is 9.78 Å². The average molecular weight is 410 g/mol. The summed E-state index contributed by atoms with van der Waals surface area (Å²) in [7, 11) is 0. The van der Waals surface area contributed by atoms with E-state index in [0.717, 1.165) is 10.3 Å². The average Bonchev–Trinajstić information content (AvgIpc) is 3.18. The van der Waals surface area contributed by atoms with E-state index in [1.165, 1.54) is 11.3 Å². The first-order valence-corrected chi connectivity index (χ1v) is 9.99. The topological polar surface area (TPSA) is 85.4 Å². The van der Waals surface area contributed by atoms with Crippen LogP contribution in [-0.2, 0) is 16.1 Å². The van der Waals surface area contributed by atoms with Gasteiger partial charge in [0.2, 0.25) is 11.7 Å². The molecule has 1 aromatic carbocycles. The Hall–Kier alpha value is -3.06. The molecule has 1 amide bonds. The van der Waals surface area contributed by atoms with Crippen LogP contribution in [0.1, 0.15) is 45.8 Å². The van der Waals surface area contributed by atoms with Crippen LogP contribution in [0.3, 0.4) is 0 Å². The Morgan fingerprint density at radius 1 is 1.03 bits per heavy atom. The molecule has 150 valence electrons. The van der Waals surface area contributed by atoms with Gasteiger partial charge in [0.05, 0.1) is 16.9 Å². The Morgan fingerprint density at radius 2 is 1.79 bits per heavy atom. The smallest absolute Gasteiger partial charge is 0.357 e. The summed E-state index contributed by atoms with van der Waals surface area (Å²) < 4.78 is 5.13. The molecular formula is C22H22N2O4S. The quantitative estimate of drug-likeness (QED) is 0.490. The standard InChI is InChI=1S/C22H22N2O4S/c1-22(2,3)21(27)23-12-15-9-11-19(29-15)18(25)13-28-20(26)17-10-8-14-6-4-5-7-16(14)24-17/h4-11H,12-13H2,1-3H3,(H,23,27). The van der Waals surface area contributed by atoms with Crippen LogP contribution in [0.25, 0.3) is 10.9 Å². The molecule has 0 aliphatic carbocycles. The number of Topliss-reactive ketones (excluding diaryl/α,β-unsaturated/α-hetero) is 1. The number of carbonyl (C=O) groups excluding carboxylic acids is 3. The van der Waals surface area contributed by atoms with E-state index in [9.17, 15) is 14.4 Å². The number of nitrogens with zero attached hydrogens (tertiary/aromatic N) is 1. The van der Waals surface area contributed by atoms with E-state index in [1.54, 1.807) is 24.3 Å². The molecular weight excluding hydrogens is 388 g/mol. The molecule has 2 heterocycles. The Kier molecular flexibility index (Phi) is 6.08. The fourth-order valence-corrected chi connectivity index (χ4v) is 3.38. The zero-order valence-corrected chi connectivity index (χ0v) is 17.3. The second-order valence-corrected chi connectivity index (χ2v) is 8.76. The van der Waals surface area contributed by atoms with Gasteiger partial charge in [-0.3, -0.25) is 9.59 Å². The maximum Gasteiger partial charge on any atom is 0.357 e. The van der Waals surface area contributed by atoms with Crippen molar-refractivity contribution in [3.8, 4) is 0 Å². The molecule has 29 heavy (non-hydrogen) atoms. The minimum absolute atomic E-state index is 0.0596. The summed E-state index contributed by atoms with van der Waals surface area (Å²) in [6, 6.07) is 14.3. The number of pyridine rings is 1. The van der Waals surface area contributed by atoms with E-state index in [2.05, 4.69) is 10.3 Å². The van der Waals surface area contributed by atoms with Crippen molar-refractivity contribution in [3.63, 3.8) is 0 Å². The number of hydrogen-bond donors (Lipinski definition) is 1. The summed E-state index contributed by atoms with van der Waals surface area (Å²) in [5.41, 5.74) is 0.378. The fraction of sp³-hybridized carbons (Fsp3) is 0.273. The van der Waals surface area contributed by atoms with Gasteiger partial charge in [-0.1, -0.05) is 45.0 Å². The number of para-hydroxylation sites is 1. The number of aromatic nitrogens is 1. The number of nitrogens with one attached hydrogen (secondary N) is 1. The Labute approximate surface area is 172 Å². The van der Waals surface area contributed by atoms with Crippen LogP contribution in [0.15, 0.2) is 48.5 Å². The SMILES string of the molecule is CC(C)(C)C(=O)NCc1ccc(C(=O)COC(=O)c2ccc3ccccc3n2)s1. The number of thiophene rings is 1. The number of ketones is 1. The third-order valence-electron chi connectivity index (χ3n) is 4.18. The van der Waals surface area contributed by atoms with Crippen LogP contribution in [0, 0.1) is 5.41 Å². The molecule has 0 saturated heterocycles. The predicted molar refractivity (Wildman–Crippen MR) is 112 cm³/mol. The lowest BCUT2D eigenvalue weighted by Gasteiger charge is -2.17. The van der Waals surface area contributed by atoms with Crippen LogP contribution >= 0.6 is 11.3 Å². The molecule has 3 aromatic rings. The lowest BCUT2D eigenvalue weighted by atomic mass is 9.96. The number of ether oxygens (including phenoxy) is 1. The highest BCUT2D eigenvalue weighted by Crippen LogP contribution is 2.19. The van der Waals surface area contributed by atoms with Crippen LogP contribution in [-0.4, -0.2) is 29.3 Å². The fourth-order valence-electron chi connectivity index (χ4n) is 2.51. The van der Waals surface area contributed by atoms with Crippen molar-refractivity contribution < 1.29 is 19.1 Å². The Morgan fingerprint density at radius 3 is 2.55 bits per heavy atom. The molecule has 0 bridgehead atoms. The number of hydrogen-bond acceptors (Lipinski definition) is 6. The summed E-state index contributed by atoms with van der Waals surface area (Å²) in [5, 5.41) is 3.77. The highest BCUT2D eigenvalue weighted by molar-refractivity contribution is 7.14. The number of rotatable bonds is 6. The molecule has 0 aliphatic rings. The monoisotopic (exact) mass is 410 g/mol. The summed E-state index contributed by atoms with van der Waals surface area (Å²) in [5.74, 6) is -0.994. The highest BCUT2D eigenvalue weighted by atomic mass is 32.1. The number of amides is 1. The van der Waals surface area contributed by atoms with Crippen LogP contribution in [0.4, 0.5) is 0 Å². The summed E-state index contributed by atoms with van der Waals surface area (Å²) in [4.78, 5) is 42.1. The second-order valence-electron chi connectivity index (χ2n) is 7.59. The number of carbonyl (C=O) groups is 3. The first kappa shape index (κ1) is 20.7. The molecule has 7 heteroatoms. The third-order valence-corrected chi connectivity index (χ3v) is 5.31. The minimum atomic E-state index is -0.640. The molecule has 0 aliphatic heterocycles. The van der Waals surface area contributed by atoms with Crippen LogP contribution < -0.4 is 5.32 Å². The van der Waals surface area contributed by atoms with Gasteiger partial charge in [0.1, 0.15) is 5.69 Å². The molecule has 1 N–H and O–H groups in total. The second kappa shape index (κ2) is 8.53. The maximum absolute atomic E-state index is 12.3. The van der Waals surface area contributed by atoms with E-state index < -0.39 is 11.4 Å². The van der Waals surface area contributed by atoms with E-state index in [4.69, 9.17) is 4.74 Å². The van der Waals surface area contributed by atoms with E-state index in [-0.39, 0.29) is 24.0 Å². The number of fused-ring (bicyclic) bond motifs is 1. The Balaban J connectivity index is 1.55. The first-order chi connectivity index (χ1) is 13.7. The van der Waals surface area contributed by atoms with Crippen LogP contribution in [0.5, 0.6) is 0 Å². The van der Waals surface area contributed by atoms with Crippen molar-refractivity contribution in [2.75, 3.05) is 6.61 Å². The van der Waals surface area contributed by atoms with Gasteiger partial charge in [0.25, 0.3) is 0 Å². The lowest BCUT2D eigenvalue weighted by molar-refractivity contribution is -0.128. The minimum Gasteiger partial charge on any atom is -0.453 e.